The van der Waals surface area contributed by atoms with Gasteiger partial charge in [0.1, 0.15) is 0 Å². The number of carbonyl (C=O) groups is 2. The second-order valence-electron chi connectivity index (χ2n) is 10.7. The number of nitrogens with zero attached hydrogens (tertiary/aromatic N) is 7. The van der Waals surface area contributed by atoms with E-state index < -0.39 is 17.6 Å². The third kappa shape index (κ3) is 7.09. The number of amides is 2. The number of hydrogen-bond acceptors (Lipinski definition) is 8. The van der Waals surface area contributed by atoms with Crippen molar-refractivity contribution in [3.63, 3.8) is 0 Å². The molecule has 42 heavy (non-hydrogen) atoms. The predicted octanol–water partition coefficient (Wildman–Crippen LogP) is 3.85. The highest BCUT2D eigenvalue weighted by atomic mass is 19.4. The summed E-state index contributed by atoms with van der Waals surface area (Å²) in [6.45, 7) is 5.52. The van der Waals surface area contributed by atoms with Gasteiger partial charge >= 0.3 is 12.3 Å². The van der Waals surface area contributed by atoms with Crippen LogP contribution >= 0.6 is 0 Å². The maximum atomic E-state index is 12.7. The number of likely N-dealkylation sites (tertiary alicyclic amines) is 1. The smallest absolute Gasteiger partial charge is 0.417 e. The topological polar surface area (TPSA) is 128 Å². The van der Waals surface area contributed by atoms with Crippen LogP contribution in [-0.4, -0.2) is 66.3 Å². The van der Waals surface area contributed by atoms with Crippen LogP contribution in [0, 0.1) is 5.92 Å². The van der Waals surface area contributed by atoms with E-state index in [2.05, 4.69) is 43.0 Å². The Kier molecular flexibility index (Phi) is 8.50. The molecule has 1 aliphatic carbocycles. The van der Waals surface area contributed by atoms with Crippen molar-refractivity contribution in [2.75, 3.05) is 13.1 Å². The van der Waals surface area contributed by atoms with E-state index in [9.17, 15) is 22.8 Å². The highest BCUT2D eigenvalue weighted by Crippen LogP contribution is 2.33. The first-order chi connectivity index (χ1) is 20.0. The van der Waals surface area contributed by atoms with Crippen LogP contribution in [0.2, 0.25) is 0 Å². The number of unbranched alkanes of at least 4 members (excludes halogenated alkanes) is 1. The van der Waals surface area contributed by atoms with E-state index in [4.69, 9.17) is 4.74 Å². The molecule has 1 N–H and O–H groups in total. The van der Waals surface area contributed by atoms with Crippen molar-refractivity contribution in [3.05, 3.63) is 70.1 Å². The summed E-state index contributed by atoms with van der Waals surface area (Å²) in [4.78, 5) is 29.8. The van der Waals surface area contributed by atoms with Crippen LogP contribution in [0.4, 0.5) is 18.0 Å². The van der Waals surface area contributed by atoms with Crippen molar-refractivity contribution in [1.29, 1.82) is 0 Å². The largest absolute Gasteiger partial charge is 0.447 e. The molecule has 1 saturated heterocycles. The number of pyridine rings is 1. The maximum Gasteiger partial charge on any atom is 0.417 e. The number of fused-ring (bicyclic) bond motifs is 1. The lowest BCUT2D eigenvalue weighted by Crippen LogP contribution is -2.51. The molecule has 0 atom stereocenters. The van der Waals surface area contributed by atoms with Gasteiger partial charge in [-0.05, 0) is 56.9 Å². The number of carbonyl (C=O) groups excluding carboxylic acids is 2. The fourth-order valence-electron chi connectivity index (χ4n) is 4.75. The molecule has 0 bridgehead atoms. The third-order valence-corrected chi connectivity index (χ3v) is 7.09. The van der Waals surface area contributed by atoms with Gasteiger partial charge in [0.2, 0.25) is 0 Å². The summed E-state index contributed by atoms with van der Waals surface area (Å²) < 4.78 is 44.8. The van der Waals surface area contributed by atoms with Crippen molar-refractivity contribution >= 4 is 18.1 Å². The molecule has 11 nitrogen and oxygen atoms in total. The maximum absolute atomic E-state index is 12.7. The van der Waals surface area contributed by atoms with Crippen molar-refractivity contribution < 1.29 is 27.5 Å². The van der Waals surface area contributed by atoms with E-state index in [1.807, 2.05) is 13.8 Å². The molecule has 2 aliphatic rings. The van der Waals surface area contributed by atoms with Crippen LogP contribution in [0.3, 0.4) is 0 Å². The molecule has 2 amide bonds. The second kappa shape index (κ2) is 12.2. The summed E-state index contributed by atoms with van der Waals surface area (Å²) in [5.74, 6) is -0.174. The Morgan fingerprint density at radius 2 is 1.93 bits per heavy atom. The van der Waals surface area contributed by atoms with E-state index in [0.29, 0.717) is 31.2 Å². The first kappa shape index (κ1) is 29.1. The van der Waals surface area contributed by atoms with Crippen LogP contribution in [-0.2, 0) is 36.8 Å². The fraction of sp³-hybridized carbons (Fsp3) is 0.464. The fourth-order valence-corrected chi connectivity index (χ4v) is 4.75. The number of aryl methyl sites for hydroxylation is 2. The summed E-state index contributed by atoms with van der Waals surface area (Å²) >= 11 is 0. The molecular weight excluding hydrogens is 553 g/mol. The van der Waals surface area contributed by atoms with Crippen molar-refractivity contribution in [3.8, 4) is 0 Å². The Bertz CT molecular complexity index is 1460. The molecule has 1 aliphatic heterocycles. The Balaban J connectivity index is 1.03. The van der Waals surface area contributed by atoms with Crippen LogP contribution in [0.1, 0.15) is 65.4 Å². The Hall–Kier alpha value is -4.36. The number of halogens is 3. The molecule has 222 valence electrons. The van der Waals surface area contributed by atoms with Crippen molar-refractivity contribution in [2.45, 2.75) is 64.9 Å². The summed E-state index contributed by atoms with van der Waals surface area (Å²) in [6.07, 6.45) is 2.68. The van der Waals surface area contributed by atoms with E-state index in [1.165, 1.54) is 17.8 Å². The van der Waals surface area contributed by atoms with Gasteiger partial charge in [0, 0.05) is 38.2 Å². The standard InChI is InChI=1S/C28H31F3N8O3/c1-17(2)42-27(41)38-14-20(15-38)18-9-19-10-22(34-35-24(19)11-18)5-3-4-8-39-16-25(36-37-39)26(40)33-13-23-7-6-21(12-32-23)28(29,30)31/h6-7,9-10,12,16-17,20H,3-5,8,11,13-15H2,1-2H3,(H,33,40). The minimum Gasteiger partial charge on any atom is -0.447 e. The molecule has 5 rings (SSSR count). The Morgan fingerprint density at radius 1 is 1.12 bits per heavy atom. The number of nitrogens with one attached hydrogen (secondary N) is 1. The molecule has 1 fully saturated rings. The molecule has 0 radical (unpaired) electrons. The van der Waals surface area contributed by atoms with Crippen LogP contribution in [0.15, 0.2) is 36.2 Å². The lowest BCUT2D eigenvalue weighted by molar-refractivity contribution is -0.137. The first-order valence-electron chi connectivity index (χ1n) is 13.8. The van der Waals surface area contributed by atoms with Crippen LogP contribution in [0.5, 0.6) is 0 Å². The molecule has 0 aromatic carbocycles. The lowest BCUT2D eigenvalue weighted by atomic mass is 9.91. The van der Waals surface area contributed by atoms with Crippen molar-refractivity contribution in [1.82, 2.24) is 40.4 Å². The molecule has 0 unspecified atom stereocenters. The zero-order chi connectivity index (χ0) is 29.9. The van der Waals surface area contributed by atoms with E-state index in [-0.39, 0.29) is 24.4 Å². The van der Waals surface area contributed by atoms with Gasteiger partial charge in [0.15, 0.2) is 5.69 Å². The van der Waals surface area contributed by atoms with Gasteiger partial charge in [0.05, 0.1) is 41.5 Å². The van der Waals surface area contributed by atoms with Gasteiger partial charge in [-0.25, -0.2) is 4.79 Å². The summed E-state index contributed by atoms with van der Waals surface area (Å²) in [6, 6.07) is 4.21. The zero-order valence-electron chi connectivity index (χ0n) is 23.3. The minimum atomic E-state index is -4.46. The van der Waals surface area contributed by atoms with Crippen molar-refractivity contribution in [2.24, 2.45) is 5.92 Å². The SMILES string of the molecule is CC(C)OC(=O)N1CC(C2=Cc3cc(CCCCn4cc(C(=O)NCc5ccc(C(F)(F)F)cn5)nn4)nnc3C2)C1. The number of hydrogen-bond donors (Lipinski definition) is 1. The van der Waals surface area contributed by atoms with E-state index in [1.54, 1.807) is 9.58 Å². The van der Waals surface area contributed by atoms with Gasteiger partial charge in [0.25, 0.3) is 5.91 Å². The van der Waals surface area contributed by atoms with Crippen LogP contribution in [0.25, 0.3) is 6.08 Å². The number of rotatable bonds is 10. The first-order valence-corrected chi connectivity index (χ1v) is 13.8. The summed E-state index contributed by atoms with van der Waals surface area (Å²) in [7, 11) is 0. The quantitative estimate of drug-likeness (QED) is 0.356. The molecule has 3 aromatic rings. The summed E-state index contributed by atoms with van der Waals surface area (Å²) in [5.41, 5.74) is 3.77. The monoisotopic (exact) mass is 584 g/mol. The van der Waals surface area contributed by atoms with Gasteiger partial charge in [-0.3, -0.25) is 14.5 Å². The number of ether oxygens (including phenoxy) is 1. The molecule has 0 saturated carbocycles. The molecular formula is C28H31F3N8O3. The third-order valence-electron chi connectivity index (χ3n) is 7.09. The average molecular weight is 585 g/mol. The van der Waals surface area contributed by atoms with Gasteiger partial charge in [-0.2, -0.15) is 23.4 Å². The Morgan fingerprint density at radius 3 is 2.64 bits per heavy atom. The second-order valence-corrected chi connectivity index (χ2v) is 10.7. The highest BCUT2D eigenvalue weighted by Gasteiger charge is 2.36. The predicted molar refractivity (Wildman–Crippen MR) is 144 cm³/mol. The van der Waals surface area contributed by atoms with Gasteiger partial charge < -0.3 is 15.0 Å². The van der Waals surface area contributed by atoms with E-state index >= 15 is 0 Å². The molecule has 4 heterocycles. The van der Waals surface area contributed by atoms with Gasteiger partial charge in [-0.1, -0.05) is 16.9 Å². The molecule has 3 aromatic heterocycles. The minimum absolute atomic E-state index is 0.0334. The van der Waals surface area contributed by atoms with E-state index in [0.717, 1.165) is 54.9 Å². The average Bonchev–Trinajstić information content (AvgIpc) is 3.55. The lowest BCUT2D eigenvalue weighted by Gasteiger charge is -2.39. The van der Waals surface area contributed by atoms with Crippen LogP contribution < -0.4 is 5.32 Å². The zero-order valence-corrected chi connectivity index (χ0v) is 23.3. The highest BCUT2D eigenvalue weighted by molar-refractivity contribution is 5.91. The number of alkyl halides is 3. The number of aromatic nitrogens is 6. The summed E-state index contributed by atoms with van der Waals surface area (Å²) in [5, 5.41) is 19.3. The van der Waals surface area contributed by atoms with Gasteiger partial charge in [-0.15, -0.1) is 5.10 Å². The normalized spacial score (nSPS) is 14.9. The molecule has 14 heteroatoms. The molecule has 0 spiro atoms. The Labute approximate surface area is 240 Å².